The number of fused-ring (bicyclic) bond motifs is 1. The van der Waals surface area contributed by atoms with E-state index in [1.807, 2.05) is 24.3 Å². The van der Waals surface area contributed by atoms with Gasteiger partial charge in [0.15, 0.2) is 0 Å². The van der Waals surface area contributed by atoms with Gasteiger partial charge in [0.05, 0.1) is 17.9 Å². The van der Waals surface area contributed by atoms with Gasteiger partial charge in [0.2, 0.25) is 0 Å². The summed E-state index contributed by atoms with van der Waals surface area (Å²) in [4.78, 5) is 14.3. The molecule has 0 fully saturated rings. The largest absolute Gasteiger partial charge is 0.383 e. The van der Waals surface area contributed by atoms with Crippen LogP contribution in [-0.2, 0) is 9.53 Å². The third-order valence-corrected chi connectivity index (χ3v) is 4.33. The van der Waals surface area contributed by atoms with Crippen molar-refractivity contribution in [3.8, 4) is 0 Å². The number of nitrogens with zero attached hydrogens (tertiary/aromatic N) is 1. The van der Waals surface area contributed by atoms with Crippen LogP contribution >= 0.6 is 0 Å². The van der Waals surface area contributed by atoms with Gasteiger partial charge in [0, 0.05) is 43.3 Å². The normalized spacial score (nSPS) is 14.3. The summed E-state index contributed by atoms with van der Waals surface area (Å²) >= 11 is 0. The second-order valence-corrected chi connectivity index (χ2v) is 5.97. The number of benzene rings is 2. The van der Waals surface area contributed by atoms with Gasteiger partial charge in [-0.2, -0.15) is 0 Å². The van der Waals surface area contributed by atoms with E-state index in [0.717, 1.165) is 24.5 Å². The minimum absolute atomic E-state index is 0.244. The van der Waals surface area contributed by atoms with Gasteiger partial charge < -0.3 is 20.3 Å². The zero-order valence-corrected chi connectivity index (χ0v) is 14.9. The fourth-order valence-electron chi connectivity index (χ4n) is 2.91. The molecule has 3 rings (SSSR count). The fourth-order valence-corrected chi connectivity index (χ4v) is 2.91. The number of hydrogen-bond donors (Lipinski definition) is 2. The van der Waals surface area contributed by atoms with Crippen molar-refractivity contribution in [3.63, 3.8) is 0 Å². The molecule has 0 unspecified atom stereocenters. The first-order valence-corrected chi connectivity index (χ1v) is 8.54. The monoisotopic (exact) mass is 355 g/mol. The number of ether oxygens (including phenoxy) is 1. The van der Waals surface area contributed by atoms with Crippen LogP contribution < -0.4 is 15.5 Å². The van der Waals surface area contributed by atoms with Crippen LogP contribution in [0.5, 0.6) is 0 Å². The molecule has 0 bridgehead atoms. The van der Waals surface area contributed by atoms with Gasteiger partial charge in [-0.25, -0.2) is 4.39 Å². The third kappa shape index (κ3) is 3.86. The Morgan fingerprint density at radius 1 is 1.23 bits per heavy atom. The minimum atomic E-state index is -0.372. The summed E-state index contributed by atoms with van der Waals surface area (Å²) in [7, 11) is 1.69. The molecule has 0 spiro atoms. The average molecular weight is 355 g/mol. The molecule has 6 heteroatoms. The van der Waals surface area contributed by atoms with E-state index in [1.54, 1.807) is 19.4 Å². The lowest BCUT2D eigenvalue weighted by atomic mass is 10.1. The van der Waals surface area contributed by atoms with Crippen molar-refractivity contribution in [1.82, 2.24) is 0 Å². The molecular weight excluding hydrogens is 333 g/mol. The molecule has 5 nitrogen and oxygen atoms in total. The summed E-state index contributed by atoms with van der Waals surface area (Å²) in [5, 5.41) is 5.81. The highest BCUT2D eigenvalue weighted by atomic mass is 19.1. The molecule has 2 aromatic carbocycles. The van der Waals surface area contributed by atoms with Crippen LogP contribution in [0.4, 0.5) is 21.5 Å². The number of anilines is 3. The van der Waals surface area contributed by atoms with E-state index in [9.17, 15) is 9.18 Å². The van der Waals surface area contributed by atoms with Crippen LogP contribution in [-0.4, -0.2) is 32.7 Å². The van der Waals surface area contributed by atoms with Gasteiger partial charge >= 0.3 is 0 Å². The Labute approximate surface area is 152 Å². The Morgan fingerprint density at radius 3 is 2.69 bits per heavy atom. The standard InChI is InChI=1S/C20H22FN3O2/c1-3-24(10-11-26-2)16-7-5-15(6-8-16)22-13-18-17-9-4-14(21)12-19(17)23-20(18)25/h4-9,12-13,22H,3,10-11H2,1-2H3,(H,23,25). The van der Waals surface area contributed by atoms with Crippen molar-refractivity contribution in [3.05, 3.63) is 60.0 Å². The molecule has 1 heterocycles. The second-order valence-electron chi connectivity index (χ2n) is 5.97. The summed E-state index contributed by atoms with van der Waals surface area (Å²) in [5.74, 6) is -0.616. The molecule has 0 saturated heterocycles. The highest BCUT2D eigenvalue weighted by Crippen LogP contribution is 2.32. The molecular formula is C20H22FN3O2. The molecule has 26 heavy (non-hydrogen) atoms. The Bertz CT molecular complexity index is 818. The maximum absolute atomic E-state index is 13.3. The fraction of sp³-hybridized carbons (Fsp3) is 0.250. The smallest absolute Gasteiger partial charge is 0.257 e. The summed E-state index contributed by atoms with van der Waals surface area (Å²) < 4.78 is 18.4. The minimum Gasteiger partial charge on any atom is -0.383 e. The van der Waals surface area contributed by atoms with E-state index in [1.165, 1.54) is 12.1 Å². The quantitative estimate of drug-likeness (QED) is 0.744. The molecule has 0 aliphatic carbocycles. The molecule has 1 aliphatic heterocycles. The highest BCUT2D eigenvalue weighted by molar-refractivity contribution is 6.31. The van der Waals surface area contributed by atoms with Crippen LogP contribution in [0.25, 0.3) is 5.57 Å². The summed E-state index contributed by atoms with van der Waals surface area (Å²) in [6, 6.07) is 12.2. The Hall–Kier alpha value is -2.86. The first kappa shape index (κ1) is 17.9. The maximum atomic E-state index is 13.3. The van der Waals surface area contributed by atoms with E-state index in [4.69, 9.17) is 4.74 Å². The second kappa shape index (κ2) is 8.01. The Balaban J connectivity index is 1.72. The van der Waals surface area contributed by atoms with Gasteiger partial charge in [-0.15, -0.1) is 0 Å². The average Bonchev–Trinajstić information content (AvgIpc) is 2.95. The van der Waals surface area contributed by atoms with E-state index in [2.05, 4.69) is 22.5 Å². The third-order valence-electron chi connectivity index (χ3n) is 4.33. The van der Waals surface area contributed by atoms with Crippen molar-refractivity contribution in [2.75, 3.05) is 42.3 Å². The van der Waals surface area contributed by atoms with E-state index in [0.29, 0.717) is 23.4 Å². The number of halogens is 1. The van der Waals surface area contributed by atoms with Crippen molar-refractivity contribution >= 4 is 28.5 Å². The topological polar surface area (TPSA) is 53.6 Å². The lowest BCUT2D eigenvalue weighted by Gasteiger charge is -2.22. The highest BCUT2D eigenvalue weighted by Gasteiger charge is 2.24. The lowest BCUT2D eigenvalue weighted by Crippen LogP contribution is -2.26. The molecule has 0 atom stereocenters. The van der Waals surface area contributed by atoms with Gasteiger partial charge in [-0.05, 0) is 49.4 Å². The number of likely N-dealkylation sites (N-methyl/N-ethyl adjacent to an activating group) is 1. The number of rotatable bonds is 7. The number of nitrogens with one attached hydrogen (secondary N) is 2. The number of carbonyl (C=O) groups excluding carboxylic acids is 1. The van der Waals surface area contributed by atoms with Crippen molar-refractivity contribution in [1.29, 1.82) is 0 Å². The number of amides is 1. The van der Waals surface area contributed by atoms with Gasteiger partial charge in [-0.1, -0.05) is 0 Å². The van der Waals surface area contributed by atoms with Crippen LogP contribution in [0, 0.1) is 5.82 Å². The molecule has 0 saturated carbocycles. The van der Waals surface area contributed by atoms with E-state index < -0.39 is 0 Å². The lowest BCUT2D eigenvalue weighted by molar-refractivity contribution is -0.110. The van der Waals surface area contributed by atoms with Gasteiger partial charge in [0.1, 0.15) is 5.82 Å². The number of carbonyl (C=O) groups is 1. The van der Waals surface area contributed by atoms with Crippen LogP contribution in [0.1, 0.15) is 12.5 Å². The molecule has 0 radical (unpaired) electrons. The predicted molar refractivity (Wildman–Crippen MR) is 103 cm³/mol. The van der Waals surface area contributed by atoms with Gasteiger partial charge in [0.25, 0.3) is 5.91 Å². The summed E-state index contributed by atoms with van der Waals surface area (Å²) in [6.45, 7) is 4.51. The van der Waals surface area contributed by atoms with Crippen molar-refractivity contribution < 1.29 is 13.9 Å². The number of hydrogen-bond acceptors (Lipinski definition) is 4. The Kier molecular flexibility index (Phi) is 5.53. The molecule has 2 N–H and O–H groups in total. The molecule has 1 aliphatic rings. The molecule has 2 aromatic rings. The van der Waals surface area contributed by atoms with Crippen molar-refractivity contribution in [2.45, 2.75) is 6.92 Å². The predicted octanol–water partition coefficient (Wildman–Crippen LogP) is 3.70. The maximum Gasteiger partial charge on any atom is 0.257 e. The van der Waals surface area contributed by atoms with E-state index >= 15 is 0 Å². The van der Waals surface area contributed by atoms with E-state index in [-0.39, 0.29) is 11.7 Å². The molecule has 1 amide bonds. The van der Waals surface area contributed by atoms with Crippen LogP contribution in [0.15, 0.2) is 48.7 Å². The first-order valence-electron chi connectivity index (χ1n) is 8.54. The molecule has 136 valence electrons. The number of methoxy groups -OCH3 is 1. The Morgan fingerprint density at radius 2 is 2.00 bits per heavy atom. The zero-order valence-electron chi connectivity index (χ0n) is 14.9. The molecule has 0 aromatic heterocycles. The van der Waals surface area contributed by atoms with Crippen LogP contribution in [0.3, 0.4) is 0 Å². The summed E-state index contributed by atoms with van der Waals surface area (Å²) in [6.07, 6.45) is 1.65. The SMILES string of the molecule is CCN(CCOC)c1ccc(NC=C2C(=O)Nc3cc(F)ccc32)cc1. The first-order chi connectivity index (χ1) is 12.6. The van der Waals surface area contributed by atoms with Crippen molar-refractivity contribution in [2.24, 2.45) is 0 Å². The summed E-state index contributed by atoms with van der Waals surface area (Å²) in [5.41, 5.74) is 3.65. The van der Waals surface area contributed by atoms with Crippen LogP contribution in [0.2, 0.25) is 0 Å². The van der Waals surface area contributed by atoms with Gasteiger partial charge in [-0.3, -0.25) is 4.79 Å². The zero-order chi connectivity index (χ0) is 18.5.